The molecule has 1 saturated heterocycles. The molecule has 1 aliphatic heterocycles. The Hall–Kier alpha value is -1.76. The van der Waals surface area contributed by atoms with Crippen molar-refractivity contribution in [3.05, 3.63) is 35.9 Å². The van der Waals surface area contributed by atoms with Crippen molar-refractivity contribution in [3.63, 3.8) is 0 Å². The summed E-state index contributed by atoms with van der Waals surface area (Å²) in [5.41, 5.74) is 6.28. The van der Waals surface area contributed by atoms with E-state index in [1.807, 2.05) is 17.9 Å². The predicted molar refractivity (Wildman–Crippen MR) is 78.7 cm³/mol. The number of amides is 2. The first-order valence-electron chi connectivity index (χ1n) is 7.05. The Morgan fingerprint density at radius 2 is 2.14 bits per heavy atom. The third kappa shape index (κ3) is 4.63. The van der Waals surface area contributed by atoms with Crippen molar-refractivity contribution in [1.82, 2.24) is 10.2 Å². The van der Waals surface area contributed by atoms with Crippen LogP contribution in [0.4, 0.5) is 0 Å². The lowest BCUT2D eigenvalue weighted by atomic mass is 10.1. The molecule has 2 atom stereocenters. The highest BCUT2D eigenvalue weighted by molar-refractivity contribution is 6.05. The van der Waals surface area contributed by atoms with E-state index in [1.165, 1.54) is 0 Å². The zero-order valence-electron chi connectivity index (χ0n) is 12.1. The SMILES string of the molecule is CC(N)C1CN(CC(=O)NC(=O)c2ccccc2)CCO1. The Morgan fingerprint density at radius 3 is 2.81 bits per heavy atom. The average molecular weight is 291 g/mol. The summed E-state index contributed by atoms with van der Waals surface area (Å²) in [6, 6.07) is 8.60. The van der Waals surface area contributed by atoms with E-state index in [0.717, 1.165) is 0 Å². The van der Waals surface area contributed by atoms with Crippen LogP contribution in [0.5, 0.6) is 0 Å². The van der Waals surface area contributed by atoms with Gasteiger partial charge < -0.3 is 10.5 Å². The van der Waals surface area contributed by atoms with Gasteiger partial charge in [-0.2, -0.15) is 0 Å². The highest BCUT2D eigenvalue weighted by Gasteiger charge is 2.25. The van der Waals surface area contributed by atoms with Gasteiger partial charge in [0.15, 0.2) is 0 Å². The van der Waals surface area contributed by atoms with Crippen molar-refractivity contribution < 1.29 is 14.3 Å². The lowest BCUT2D eigenvalue weighted by Crippen LogP contribution is -2.52. The minimum absolute atomic E-state index is 0.0728. The summed E-state index contributed by atoms with van der Waals surface area (Å²) in [5, 5.41) is 2.40. The lowest BCUT2D eigenvalue weighted by molar-refractivity contribution is -0.123. The molecule has 0 bridgehead atoms. The molecule has 0 aliphatic carbocycles. The first-order chi connectivity index (χ1) is 10.1. The van der Waals surface area contributed by atoms with Crippen LogP contribution >= 0.6 is 0 Å². The summed E-state index contributed by atoms with van der Waals surface area (Å²) in [4.78, 5) is 25.7. The van der Waals surface area contributed by atoms with Crippen LogP contribution in [0.25, 0.3) is 0 Å². The molecule has 6 nitrogen and oxygen atoms in total. The second-order valence-corrected chi connectivity index (χ2v) is 5.25. The molecule has 6 heteroatoms. The van der Waals surface area contributed by atoms with E-state index >= 15 is 0 Å². The molecule has 2 unspecified atom stereocenters. The second kappa shape index (κ2) is 7.31. The molecule has 21 heavy (non-hydrogen) atoms. The minimum Gasteiger partial charge on any atom is -0.374 e. The van der Waals surface area contributed by atoms with Crippen molar-refractivity contribution in [2.75, 3.05) is 26.2 Å². The van der Waals surface area contributed by atoms with E-state index in [-0.39, 0.29) is 30.5 Å². The van der Waals surface area contributed by atoms with E-state index < -0.39 is 0 Å². The molecule has 0 spiro atoms. The maximum atomic E-state index is 11.9. The second-order valence-electron chi connectivity index (χ2n) is 5.25. The van der Waals surface area contributed by atoms with Gasteiger partial charge in [0, 0.05) is 24.7 Å². The van der Waals surface area contributed by atoms with E-state index in [0.29, 0.717) is 25.3 Å². The molecule has 1 aliphatic rings. The van der Waals surface area contributed by atoms with Gasteiger partial charge in [-0.15, -0.1) is 0 Å². The molecule has 1 heterocycles. The Labute approximate surface area is 124 Å². The van der Waals surface area contributed by atoms with Gasteiger partial charge >= 0.3 is 0 Å². The van der Waals surface area contributed by atoms with Gasteiger partial charge in [0.05, 0.1) is 19.3 Å². The molecule has 114 valence electrons. The third-order valence-corrected chi connectivity index (χ3v) is 3.42. The number of carbonyl (C=O) groups excluding carboxylic acids is 2. The minimum atomic E-state index is -0.377. The summed E-state index contributed by atoms with van der Waals surface area (Å²) in [6.07, 6.45) is -0.0728. The fraction of sp³-hybridized carbons (Fsp3) is 0.467. The number of hydrogen-bond acceptors (Lipinski definition) is 5. The van der Waals surface area contributed by atoms with E-state index in [9.17, 15) is 9.59 Å². The number of hydrogen-bond donors (Lipinski definition) is 2. The number of nitrogens with two attached hydrogens (primary N) is 1. The van der Waals surface area contributed by atoms with Crippen molar-refractivity contribution in [1.29, 1.82) is 0 Å². The zero-order valence-corrected chi connectivity index (χ0v) is 12.1. The van der Waals surface area contributed by atoms with Crippen molar-refractivity contribution in [2.45, 2.75) is 19.1 Å². The van der Waals surface area contributed by atoms with Gasteiger partial charge in [-0.05, 0) is 19.1 Å². The first-order valence-corrected chi connectivity index (χ1v) is 7.05. The summed E-state index contributed by atoms with van der Waals surface area (Å²) in [5.74, 6) is -0.688. The number of morpholine rings is 1. The molecule has 2 amide bonds. The van der Waals surface area contributed by atoms with Gasteiger partial charge in [-0.3, -0.25) is 19.8 Å². The van der Waals surface area contributed by atoms with E-state index in [1.54, 1.807) is 24.3 Å². The average Bonchev–Trinajstić information content (AvgIpc) is 2.48. The molecule has 0 saturated carbocycles. The maximum absolute atomic E-state index is 11.9. The quantitative estimate of drug-likeness (QED) is 0.815. The molecular weight excluding hydrogens is 270 g/mol. The topological polar surface area (TPSA) is 84.7 Å². The van der Waals surface area contributed by atoms with Crippen LogP contribution in [-0.4, -0.2) is 55.1 Å². The number of imide groups is 1. The summed E-state index contributed by atoms with van der Waals surface area (Å²) < 4.78 is 5.54. The third-order valence-electron chi connectivity index (χ3n) is 3.42. The highest BCUT2D eigenvalue weighted by Crippen LogP contribution is 2.07. The van der Waals surface area contributed by atoms with E-state index in [4.69, 9.17) is 10.5 Å². The number of carbonyl (C=O) groups is 2. The molecule has 3 N–H and O–H groups in total. The predicted octanol–water partition coefficient (Wildman–Crippen LogP) is -0.00900. The fourth-order valence-corrected chi connectivity index (χ4v) is 2.22. The Bertz CT molecular complexity index is 490. The molecule has 2 rings (SSSR count). The molecule has 0 aromatic heterocycles. The first kappa shape index (κ1) is 15.6. The highest BCUT2D eigenvalue weighted by atomic mass is 16.5. The normalized spacial score (nSPS) is 20.8. The number of rotatable bonds is 4. The zero-order chi connectivity index (χ0) is 15.2. The van der Waals surface area contributed by atoms with Gasteiger partial charge in [0.1, 0.15) is 0 Å². The largest absolute Gasteiger partial charge is 0.374 e. The van der Waals surface area contributed by atoms with Gasteiger partial charge in [-0.1, -0.05) is 18.2 Å². The van der Waals surface area contributed by atoms with Crippen LogP contribution < -0.4 is 11.1 Å². The summed E-state index contributed by atoms with van der Waals surface area (Å²) >= 11 is 0. The number of benzene rings is 1. The standard InChI is InChI=1S/C15H21N3O3/c1-11(16)13-9-18(7-8-21-13)10-14(19)17-15(20)12-5-3-2-4-6-12/h2-6,11,13H,7-10,16H2,1H3,(H,17,19,20). The monoisotopic (exact) mass is 291 g/mol. The van der Waals surface area contributed by atoms with Crippen LogP contribution in [0.15, 0.2) is 30.3 Å². The molecule has 1 aromatic rings. The number of nitrogens with one attached hydrogen (secondary N) is 1. The van der Waals surface area contributed by atoms with Crippen LogP contribution in [0.2, 0.25) is 0 Å². The smallest absolute Gasteiger partial charge is 0.257 e. The Kier molecular flexibility index (Phi) is 5.44. The van der Waals surface area contributed by atoms with Crippen LogP contribution in [0.3, 0.4) is 0 Å². The summed E-state index contributed by atoms with van der Waals surface area (Å²) in [6.45, 7) is 3.87. The van der Waals surface area contributed by atoms with Gasteiger partial charge in [0.2, 0.25) is 5.91 Å². The van der Waals surface area contributed by atoms with Crippen molar-refractivity contribution in [3.8, 4) is 0 Å². The van der Waals surface area contributed by atoms with Crippen LogP contribution in [0.1, 0.15) is 17.3 Å². The van der Waals surface area contributed by atoms with E-state index in [2.05, 4.69) is 5.32 Å². The Balaban J connectivity index is 1.83. The molecule has 1 fully saturated rings. The van der Waals surface area contributed by atoms with Gasteiger partial charge in [0.25, 0.3) is 5.91 Å². The maximum Gasteiger partial charge on any atom is 0.257 e. The van der Waals surface area contributed by atoms with Crippen LogP contribution in [0, 0.1) is 0 Å². The van der Waals surface area contributed by atoms with Crippen molar-refractivity contribution >= 4 is 11.8 Å². The fourth-order valence-electron chi connectivity index (χ4n) is 2.22. The lowest BCUT2D eigenvalue weighted by Gasteiger charge is -2.34. The molecule has 0 radical (unpaired) electrons. The van der Waals surface area contributed by atoms with Crippen molar-refractivity contribution in [2.24, 2.45) is 5.73 Å². The number of ether oxygens (including phenoxy) is 1. The Morgan fingerprint density at radius 1 is 1.43 bits per heavy atom. The number of nitrogens with zero attached hydrogens (tertiary/aromatic N) is 1. The summed E-state index contributed by atoms with van der Waals surface area (Å²) in [7, 11) is 0. The van der Waals surface area contributed by atoms with Crippen LogP contribution in [-0.2, 0) is 9.53 Å². The van der Waals surface area contributed by atoms with Gasteiger partial charge in [-0.25, -0.2) is 0 Å². The molecular formula is C15H21N3O3. The molecule has 1 aromatic carbocycles.